The Bertz CT molecular complexity index is 655. The van der Waals surface area contributed by atoms with Gasteiger partial charge in [-0.25, -0.2) is 21.9 Å². The molecule has 1 rings (SSSR count). The Kier molecular flexibility index (Phi) is 7.05. The largest absolute Gasteiger partial charge is 0.449 e. The summed E-state index contributed by atoms with van der Waals surface area (Å²) < 4.78 is 141. The fourth-order valence-electron chi connectivity index (χ4n) is 2.11. The van der Waals surface area contributed by atoms with E-state index in [4.69, 9.17) is 9.47 Å². The molecule has 0 saturated carbocycles. The summed E-state index contributed by atoms with van der Waals surface area (Å²) in [5, 5.41) is -6.33. The van der Waals surface area contributed by atoms with E-state index in [2.05, 4.69) is 4.74 Å². The molecule has 168 valence electrons. The van der Waals surface area contributed by atoms with Gasteiger partial charge in [-0.1, -0.05) is 13.8 Å². The lowest BCUT2D eigenvalue weighted by atomic mass is 10.2. The third kappa shape index (κ3) is 4.86. The number of nitrogens with zero attached hydrogens (tertiary/aromatic N) is 1. The Morgan fingerprint density at radius 2 is 1.64 bits per heavy atom. The van der Waals surface area contributed by atoms with Crippen molar-refractivity contribution in [3.05, 3.63) is 0 Å². The smallest absolute Gasteiger partial charge is 0.351 e. The van der Waals surface area contributed by atoms with Crippen LogP contribution in [0.2, 0.25) is 0 Å². The topological polar surface area (TPSA) is 65.1 Å². The lowest BCUT2D eigenvalue weighted by Gasteiger charge is -2.34. The highest BCUT2D eigenvalue weighted by molar-refractivity contribution is 7.90. The number of rotatable bonds is 9. The summed E-state index contributed by atoms with van der Waals surface area (Å²) in [4.78, 5) is 0. The van der Waals surface area contributed by atoms with Crippen LogP contribution in [-0.4, -0.2) is 61.8 Å². The van der Waals surface area contributed by atoms with Gasteiger partial charge in [-0.2, -0.15) is 30.6 Å². The molecule has 0 N–H and O–H groups in total. The second-order valence-electron chi connectivity index (χ2n) is 6.76. The van der Waals surface area contributed by atoms with E-state index in [9.17, 15) is 43.5 Å². The molecule has 1 heterocycles. The molecule has 1 atom stereocenters. The van der Waals surface area contributed by atoms with E-state index in [-0.39, 0.29) is 16.8 Å². The van der Waals surface area contributed by atoms with Crippen molar-refractivity contribution < 1.29 is 57.8 Å². The molecule has 28 heavy (non-hydrogen) atoms. The maximum Gasteiger partial charge on any atom is 0.449 e. The third-order valence-corrected chi connectivity index (χ3v) is 5.48. The quantitative estimate of drug-likeness (QED) is 0.501. The Labute approximate surface area is 155 Å². The van der Waals surface area contributed by atoms with Gasteiger partial charge in [0.25, 0.3) is 10.0 Å². The molecule has 6 nitrogen and oxygen atoms in total. The van der Waals surface area contributed by atoms with Crippen LogP contribution in [0.5, 0.6) is 0 Å². The minimum absolute atomic E-state index is 0.00487. The number of hydrogen-bond donors (Lipinski definition) is 0. The predicted molar refractivity (Wildman–Crippen MR) is 77.3 cm³/mol. The van der Waals surface area contributed by atoms with Gasteiger partial charge in [0.1, 0.15) is 5.72 Å². The lowest BCUT2D eigenvalue weighted by molar-refractivity contribution is -0.435. The molecule has 1 unspecified atom stereocenters. The lowest BCUT2D eigenvalue weighted by Crippen LogP contribution is -2.59. The van der Waals surface area contributed by atoms with Crippen LogP contribution >= 0.6 is 0 Å². The summed E-state index contributed by atoms with van der Waals surface area (Å²) in [7, 11) is -6.43. The molecule has 1 saturated heterocycles. The first-order valence-corrected chi connectivity index (χ1v) is 9.15. The summed E-state index contributed by atoms with van der Waals surface area (Å²) >= 11 is 0. The van der Waals surface area contributed by atoms with Gasteiger partial charge in [-0.15, -0.1) is 0 Å². The number of alkyl halides is 8. The second-order valence-corrected chi connectivity index (χ2v) is 8.66. The molecule has 0 amide bonds. The van der Waals surface area contributed by atoms with E-state index in [0.29, 0.717) is 0 Å². The monoisotopic (exact) mass is 453 g/mol. The molecule has 0 aliphatic carbocycles. The van der Waals surface area contributed by atoms with Crippen LogP contribution in [-0.2, 0) is 24.2 Å². The van der Waals surface area contributed by atoms with Gasteiger partial charge < -0.3 is 9.47 Å². The number of ether oxygens (including phenoxy) is 3. The van der Waals surface area contributed by atoms with E-state index in [1.54, 1.807) is 13.8 Å². The molecule has 0 aromatic carbocycles. The van der Waals surface area contributed by atoms with Gasteiger partial charge in [-0.3, -0.25) is 0 Å². The SMILES string of the molecule is CC(C)COC1CN(S(=O)(=O)C(F)(F)C(F)(F)OC(F)(F)C(F)F)C(C)(C)O1. The molecule has 0 radical (unpaired) electrons. The molecule has 1 fully saturated rings. The van der Waals surface area contributed by atoms with Gasteiger partial charge in [0, 0.05) is 0 Å². The van der Waals surface area contributed by atoms with Crippen LogP contribution in [0.25, 0.3) is 0 Å². The fourth-order valence-corrected chi connectivity index (χ4v) is 3.67. The highest BCUT2D eigenvalue weighted by Crippen LogP contribution is 2.47. The molecule has 0 aromatic heterocycles. The van der Waals surface area contributed by atoms with Gasteiger partial charge in [0.2, 0.25) is 0 Å². The van der Waals surface area contributed by atoms with Crippen molar-refractivity contribution in [3.8, 4) is 0 Å². The van der Waals surface area contributed by atoms with E-state index in [0.717, 1.165) is 13.8 Å². The van der Waals surface area contributed by atoms with Crippen LogP contribution in [0.15, 0.2) is 0 Å². The van der Waals surface area contributed by atoms with Crippen molar-refractivity contribution in [2.24, 2.45) is 5.92 Å². The van der Waals surface area contributed by atoms with Gasteiger partial charge in [-0.05, 0) is 19.8 Å². The second kappa shape index (κ2) is 7.81. The molecule has 0 bridgehead atoms. The van der Waals surface area contributed by atoms with Crippen molar-refractivity contribution in [1.82, 2.24) is 4.31 Å². The van der Waals surface area contributed by atoms with Gasteiger partial charge >= 0.3 is 23.9 Å². The highest BCUT2D eigenvalue weighted by atomic mass is 32.2. The minimum Gasteiger partial charge on any atom is -0.351 e. The first kappa shape index (κ1) is 25.3. The van der Waals surface area contributed by atoms with Crippen molar-refractivity contribution in [1.29, 1.82) is 0 Å². The average molecular weight is 453 g/mol. The first-order chi connectivity index (χ1) is 12.3. The normalized spacial score (nSPS) is 22.4. The van der Waals surface area contributed by atoms with E-state index < -0.39 is 52.5 Å². The molecule has 15 heteroatoms. The van der Waals surface area contributed by atoms with Gasteiger partial charge in [0.15, 0.2) is 6.29 Å². The van der Waals surface area contributed by atoms with Crippen molar-refractivity contribution in [3.63, 3.8) is 0 Å². The zero-order valence-corrected chi connectivity index (χ0v) is 15.9. The van der Waals surface area contributed by atoms with Crippen LogP contribution in [0.4, 0.5) is 35.1 Å². The van der Waals surface area contributed by atoms with Crippen molar-refractivity contribution in [2.75, 3.05) is 13.2 Å². The fraction of sp³-hybridized carbons (Fsp3) is 1.00. The molecule has 1 aliphatic rings. The zero-order valence-electron chi connectivity index (χ0n) is 15.1. The average Bonchev–Trinajstić information content (AvgIpc) is 2.79. The first-order valence-electron chi connectivity index (χ1n) is 7.71. The Morgan fingerprint density at radius 1 is 1.14 bits per heavy atom. The third-order valence-electron chi connectivity index (χ3n) is 3.42. The summed E-state index contributed by atoms with van der Waals surface area (Å²) in [5.74, 6) is -0.0758. The molecule has 0 spiro atoms. The maximum atomic E-state index is 14.0. The Balaban J connectivity index is 3.18. The maximum absolute atomic E-state index is 14.0. The minimum atomic E-state index is -6.49. The summed E-state index contributed by atoms with van der Waals surface area (Å²) in [6.07, 6.45) is -18.8. The summed E-state index contributed by atoms with van der Waals surface area (Å²) in [6, 6.07) is 0. The summed E-state index contributed by atoms with van der Waals surface area (Å²) in [5.41, 5.74) is -2.13. The van der Waals surface area contributed by atoms with E-state index in [1.807, 2.05) is 0 Å². The van der Waals surface area contributed by atoms with Crippen molar-refractivity contribution in [2.45, 2.75) is 63.6 Å². The van der Waals surface area contributed by atoms with Crippen LogP contribution in [0, 0.1) is 5.92 Å². The molecular weight excluding hydrogens is 434 g/mol. The zero-order chi connectivity index (χ0) is 22.3. The predicted octanol–water partition coefficient (Wildman–Crippen LogP) is 3.44. The standard InChI is InChI=1S/C13H19F8NO5S/c1-7(2)6-25-8-5-22(10(3,4)26-8)28(23,24)13(20,21)12(18,19)27-11(16,17)9(14)15/h7-9H,5-6H2,1-4H3. The number of hydrogen-bond acceptors (Lipinski definition) is 5. The Hall–Kier alpha value is -0.770. The van der Waals surface area contributed by atoms with Crippen LogP contribution in [0.3, 0.4) is 0 Å². The summed E-state index contributed by atoms with van der Waals surface area (Å²) in [6.45, 7) is 4.27. The van der Waals surface area contributed by atoms with Crippen LogP contribution in [0.1, 0.15) is 27.7 Å². The van der Waals surface area contributed by atoms with Crippen LogP contribution < -0.4 is 0 Å². The van der Waals surface area contributed by atoms with Crippen molar-refractivity contribution >= 4 is 10.0 Å². The Morgan fingerprint density at radius 3 is 2.07 bits per heavy atom. The van der Waals surface area contributed by atoms with E-state index in [1.165, 1.54) is 0 Å². The van der Waals surface area contributed by atoms with E-state index >= 15 is 0 Å². The number of halogens is 8. The highest BCUT2D eigenvalue weighted by Gasteiger charge is 2.74. The molecular formula is C13H19F8NO5S. The van der Waals surface area contributed by atoms with Gasteiger partial charge in [0.05, 0.1) is 13.2 Å². The molecule has 0 aromatic rings. The molecule has 1 aliphatic heterocycles. The number of sulfonamides is 1.